The van der Waals surface area contributed by atoms with Crippen molar-refractivity contribution in [2.75, 3.05) is 33.0 Å². The van der Waals surface area contributed by atoms with Gasteiger partial charge < -0.3 is 13.9 Å². The fourth-order valence-corrected chi connectivity index (χ4v) is 3.78. The first-order valence-electron chi connectivity index (χ1n) is 9.23. The molecule has 0 radical (unpaired) electrons. The Labute approximate surface area is 148 Å². The molecule has 25 heavy (non-hydrogen) atoms. The lowest BCUT2D eigenvalue weighted by Crippen LogP contribution is -2.39. The van der Waals surface area contributed by atoms with E-state index in [1.807, 2.05) is 19.2 Å². The molecule has 0 spiro atoms. The third kappa shape index (κ3) is 4.14. The van der Waals surface area contributed by atoms with E-state index in [0.717, 1.165) is 63.8 Å². The largest absolute Gasteiger partial charge is 0.465 e. The first kappa shape index (κ1) is 16.8. The molecule has 1 atom stereocenters. The van der Waals surface area contributed by atoms with Crippen LogP contribution in [0, 0.1) is 12.8 Å². The highest BCUT2D eigenvalue weighted by Crippen LogP contribution is 2.23. The average molecular weight is 345 g/mol. The molecule has 0 N–H and O–H groups in total. The zero-order chi connectivity index (χ0) is 17.1. The van der Waals surface area contributed by atoms with Gasteiger partial charge in [0.25, 0.3) is 0 Å². The normalized spacial score (nSPS) is 22.2. The molecule has 6 heteroatoms. The second-order valence-corrected chi connectivity index (χ2v) is 7.20. The first-order valence-corrected chi connectivity index (χ1v) is 9.23. The van der Waals surface area contributed by atoms with Crippen LogP contribution in [0.4, 0.5) is 0 Å². The van der Waals surface area contributed by atoms with E-state index in [1.54, 1.807) is 0 Å². The van der Waals surface area contributed by atoms with Crippen molar-refractivity contribution in [3.05, 3.63) is 41.6 Å². The van der Waals surface area contributed by atoms with Gasteiger partial charge in [0.15, 0.2) is 0 Å². The Hall–Kier alpha value is -1.63. The van der Waals surface area contributed by atoms with E-state index in [2.05, 4.69) is 26.8 Å². The van der Waals surface area contributed by atoms with Crippen molar-refractivity contribution in [1.29, 1.82) is 0 Å². The lowest BCUT2D eigenvalue weighted by atomic mass is 10.0. The van der Waals surface area contributed by atoms with Crippen LogP contribution in [0.15, 0.2) is 28.8 Å². The Balaban J connectivity index is 1.35. The SMILES string of the molecule is Cc1ccc(CN2Cc3ccnn3[C@@H](COCC3CCOCC3)C2)o1. The molecule has 2 aromatic heterocycles. The van der Waals surface area contributed by atoms with Crippen LogP contribution in [0.25, 0.3) is 0 Å². The van der Waals surface area contributed by atoms with Gasteiger partial charge in [-0.1, -0.05) is 0 Å². The molecular weight excluding hydrogens is 318 g/mol. The highest BCUT2D eigenvalue weighted by molar-refractivity contribution is 5.08. The molecule has 2 aromatic rings. The number of furan rings is 1. The van der Waals surface area contributed by atoms with Gasteiger partial charge in [-0.25, -0.2) is 0 Å². The summed E-state index contributed by atoms with van der Waals surface area (Å²) >= 11 is 0. The van der Waals surface area contributed by atoms with Crippen LogP contribution in [0.3, 0.4) is 0 Å². The van der Waals surface area contributed by atoms with Crippen molar-refractivity contribution in [3.8, 4) is 0 Å². The molecule has 1 fully saturated rings. The molecule has 0 bridgehead atoms. The van der Waals surface area contributed by atoms with Crippen molar-refractivity contribution in [1.82, 2.24) is 14.7 Å². The van der Waals surface area contributed by atoms with Gasteiger partial charge in [-0.15, -0.1) is 0 Å². The highest BCUT2D eigenvalue weighted by atomic mass is 16.5. The average Bonchev–Trinajstić information content (AvgIpc) is 3.25. The van der Waals surface area contributed by atoms with Crippen LogP contribution in [-0.2, 0) is 22.6 Å². The van der Waals surface area contributed by atoms with Gasteiger partial charge in [0, 0.05) is 39.1 Å². The molecule has 0 amide bonds. The minimum atomic E-state index is 0.259. The minimum absolute atomic E-state index is 0.259. The van der Waals surface area contributed by atoms with Crippen LogP contribution in [-0.4, -0.2) is 47.7 Å². The van der Waals surface area contributed by atoms with Gasteiger partial charge in [0.1, 0.15) is 11.5 Å². The van der Waals surface area contributed by atoms with Crippen molar-refractivity contribution in [2.45, 2.75) is 38.9 Å². The molecule has 0 aromatic carbocycles. The molecule has 136 valence electrons. The molecule has 0 saturated carbocycles. The van der Waals surface area contributed by atoms with Gasteiger partial charge in [-0.2, -0.15) is 5.10 Å². The predicted octanol–water partition coefficient (Wildman–Crippen LogP) is 2.78. The second kappa shape index (κ2) is 7.72. The van der Waals surface area contributed by atoms with E-state index in [-0.39, 0.29) is 6.04 Å². The molecular formula is C19H27N3O3. The Morgan fingerprint density at radius 3 is 2.88 bits per heavy atom. The third-order valence-corrected chi connectivity index (χ3v) is 5.13. The van der Waals surface area contributed by atoms with E-state index in [1.165, 1.54) is 5.69 Å². The van der Waals surface area contributed by atoms with E-state index in [9.17, 15) is 0 Å². The Morgan fingerprint density at radius 1 is 1.20 bits per heavy atom. The lowest BCUT2D eigenvalue weighted by molar-refractivity contribution is 0.00293. The standard InChI is InChI=1S/C19H27N3O3/c1-15-2-3-19(25-15)12-21-10-17-4-7-20-22(17)18(11-21)14-24-13-16-5-8-23-9-6-16/h2-4,7,16,18H,5-6,8-14H2,1H3/t18-/m1/s1. The molecule has 0 unspecified atom stereocenters. The molecule has 4 rings (SSSR count). The summed E-state index contributed by atoms with van der Waals surface area (Å²) in [4.78, 5) is 2.41. The molecule has 2 aliphatic rings. The number of hydrogen-bond acceptors (Lipinski definition) is 5. The molecule has 1 saturated heterocycles. The first-order chi connectivity index (χ1) is 12.3. The summed E-state index contributed by atoms with van der Waals surface area (Å²) in [5.74, 6) is 2.62. The van der Waals surface area contributed by atoms with Crippen LogP contribution in [0.5, 0.6) is 0 Å². The van der Waals surface area contributed by atoms with E-state index < -0.39 is 0 Å². The summed E-state index contributed by atoms with van der Waals surface area (Å²) in [5.41, 5.74) is 1.24. The summed E-state index contributed by atoms with van der Waals surface area (Å²) in [7, 11) is 0. The predicted molar refractivity (Wildman–Crippen MR) is 93.2 cm³/mol. The van der Waals surface area contributed by atoms with Crippen molar-refractivity contribution >= 4 is 0 Å². The Morgan fingerprint density at radius 2 is 2.08 bits per heavy atom. The Bertz CT molecular complexity index is 675. The van der Waals surface area contributed by atoms with Gasteiger partial charge in [0.05, 0.1) is 24.9 Å². The molecule has 4 heterocycles. The van der Waals surface area contributed by atoms with Crippen LogP contribution < -0.4 is 0 Å². The number of aryl methyl sites for hydroxylation is 1. The number of ether oxygens (including phenoxy) is 2. The fourth-order valence-electron chi connectivity index (χ4n) is 3.78. The summed E-state index contributed by atoms with van der Waals surface area (Å²) in [6, 6.07) is 6.45. The van der Waals surface area contributed by atoms with Crippen molar-refractivity contribution in [2.24, 2.45) is 5.92 Å². The Kier molecular flexibility index (Phi) is 5.20. The van der Waals surface area contributed by atoms with Crippen LogP contribution in [0.1, 0.15) is 36.1 Å². The van der Waals surface area contributed by atoms with E-state index in [4.69, 9.17) is 13.9 Å². The second-order valence-electron chi connectivity index (χ2n) is 7.20. The van der Waals surface area contributed by atoms with E-state index in [0.29, 0.717) is 12.5 Å². The van der Waals surface area contributed by atoms with Gasteiger partial charge in [-0.05, 0) is 43.9 Å². The topological polar surface area (TPSA) is 52.7 Å². The maximum atomic E-state index is 6.08. The summed E-state index contributed by atoms with van der Waals surface area (Å²) in [6.45, 7) is 7.93. The number of aromatic nitrogens is 2. The van der Waals surface area contributed by atoms with Gasteiger partial charge in [0.2, 0.25) is 0 Å². The smallest absolute Gasteiger partial charge is 0.118 e. The zero-order valence-electron chi connectivity index (χ0n) is 14.9. The summed E-state index contributed by atoms with van der Waals surface area (Å²) in [6.07, 6.45) is 4.12. The summed E-state index contributed by atoms with van der Waals surface area (Å²) < 4.78 is 19.4. The monoisotopic (exact) mass is 345 g/mol. The number of hydrogen-bond donors (Lipinski definition) is 0. The number of nitrogens with zero attached hydrogens (tertiary/aromatic N) is 3. The molecule has 6 nitrogen and oxygen atoms in total. The van der Waals surface area contributed by atoms with Crippen molar-refractivity contribution < 1.29 is 13.9 Å². The maximum Gasteiger partial charge on any atom is 0.118 e. The molecule has 0 aliphatic carbocycles. The van der Waals surface area contributed by atoms with E-state index >= 15 is 0 Å². The number of fused-ring (bicyclic) bond motifs is 1. The van der Waals surface area contributed by atoms with Gasteiger partial charge >= 0.3 is 0 Å². The summed E-state index contributed by atoms with van der Waals surface area (Å²) in [5, 5.41) is 4.52. The third-order valence-electron chi connectivity index (χ3n) is 5.13. The van der Waals surface area contributed by atoms with Crippen LogP contribution in [0.2, 0.25) is 0 Å². The minimum Gasteiger partial charge on any atom is -0.465 e. The fraction of sp³-hybridized carbons (Fsp3) is 0.632. The van der Waals surface area contributed by atoms with Crippen LogP contribution >= 0.6 is 0 Å². The van der Waals surface area contributed by atoms with Crippen molar-refractivity contribution in [3.63, 3.8) is 0 Å². The zero-order valence-corrected chi connectivity index (χ0v) is 14.9. The highest BCUT2D eigenvalue weighted by Gasteiger charge is 2.26. The maximum absolute atomic E-state index is 6.08. The quantitative estimate of drug-likeness (QED) is 0.806. The number of rotatable bonds is 6. The molecule has 2 aliphatic heterocycles. The van der Waals surface area contributed by atoms with Gasteiger partial charge in [-0.3, -0.25) is 9.58 Å². The lowest BCUT2D eigenvalue weighted by Gasteiger charge is -2.33.